The van der Waals surface area contributed by atoms with Crippen molar-refractivity contribution in [1.29, 1.82) is 0 Å². The predicted molar refractivity (Wildman–Crippen MR) is 127 cm³/mol. The van der Waals surface area contributed by atoms with E-state index in [1.165, 1.54) is 17.7 Å². The number of rotatable bonds is 7. The standard InChI is InChI=1S/C26H22FN5O/c27-21-8-6-19(7-9-21)24-23-16-20(17-29-15-12-18-10-13-28-14-11-18)26(33)30-25(23)32(31-24)22-4-2-1-3-5-22/h1-11,13-14,16,29H,12,15,17H2,(H,30,33). The largest absolute Gasteiger partial charge is 0.312 e. The molecular formula is C26H22FN5O. The average molecular weight is 439 g/mol. The molecule has 5 rings (SSSR count). The number of fused-ring (bicyclic) bond motifs is 1. The number of H-pyrrole nitrogens is 1. The van der Waals surface area contributed by atoms with Crippen molar-refractivity contribution in [3.8, 4) is 16.9 Å². The van der Waals surface area contributed by atoms with Gasteiger partial charge in [0, 0.05) is 35.5 Å². The molecule has 2 N–H and O–H groups in total. The summed E-state index contributed by atoms with van der Waals surface area (Å²) in [5.41, 5.74) is 4.53. The highest BCUT2D eigenvalue weighted by atomic mass is 19.1. The molecule has 0 spiro atoms. The predicted octanol–water partition coefficient (Wildman–Crippen LogP) is 4.25. The third-order valence-electron chi connectivity index (χ3n) is 5.54. The molecule has 0 saturated carbocycles. The van der Waals surface area contributed by atoms with Crippen LogP contribution >= 0.6 is 0 Å². The van der Waals surface area contributed by atoms with Gasteiger partial charge in [0.15, 0.2) is 0 Å². The van der Waals surface area contributed by atoms with Crippen LogP contribution in [0.1, 0.15) is 11.1 Å². The third-order valence-corrected chi connectivity index (χ3v) is 5.54. The Balaban J connectivity index is 1.50. The number of halogens is 1. The van der Waals surface area contributed by atoms with Gasteiger partial charge < -0.3 is 10.3 Å². The molecule has 0 amide bonds. The minimum atomic E-state index is -0.307. The van der Waals surface area contributed by atoms with E-state index in [9.17, 15) is 9.18 Å². The molecule has 3 heterocycles. The molecule has 0 aliphatic heterocycles. The number of hydrogen-bond donors (Lipinski definition) is 2. The summed E-state index contributed by atoms with van der Waals surface area (Å²) >= 11 is 0. The van der Waals surface area contributed by atoms with Crippen LogP contribution in [0.5, 0.6) is 0 Å². The zero-order chi connectivity index (χ0) is 22.6. The van der Waals surface area contributed by atoms with E-state index in [1.54, 1.807) is 29.2 Å². The highest BCUT2D eigenvalue weighted by molar-refractivity contribution is 5.92. The van der Waals surface area contributed by atoms with Gasteiger partial charge in [-0.15, -0.1) is 0 Å². The van der Waals surface area contributed by atoms with Gasteiger partial charge in [-0.3, -0.25) is 9.78 Å². The summed E-state index contributed by atoms with van der Waals surface area (Å²) in [7, 11) is 0. The molecule has 7 heteroatoms. The SMILES string of the molecule is O=c1[nH]c2c(cc1CNCCc1ccncc1)c(-c1ccc(F)cc1)nn2-c1ccccc1. The molecule has 0 aliphatic carbocycles. The first-order valence-electron chi connectivity index (χ1n) is 10.7. The van der Waals surface area contributed by atoms with Crippen LogP contribution in [-0.4, -0.2) is 26.3 Å². The van der Waals surface area contributed by atoms with Gasteiger partial charge in [0.05, 0.1) is 5.69 Å². The number of nitrogens with one attached hydrogen (secondary N) is 2. The Kier molecular flexibility index (Phi) is 5.78. The fourth-order valence-corrected chi connectivity index (χ4v) is 3.83. The number of hydrogen-bond acceptors (Lipinski definition) is 4. The van der Waals surface area contributed by atoms with Crippen LogP contribution in [0, 0.1) is 5.82 Å². The van der Waals surface area contributed by atoms with Crippen LogP contribution in [0.2, 0.25) is 0 Å². The fourth-order valence-electron chi connectivity index (χ4n) is 3.83. The Morgan fingerprint density at radius 3 is 2.48 bits per heavy atom. The van der Waals surface area contributed by atoms with Crippen molar-refractivity contribution in [1.82, 2.24) is 25.1 Å². The highest BCUT2D eigenvalue weighted by Crippen LogP contribution is 2.29. The summed E-state index contributed by atoms with van der Waals surface area (Å²) < 4.78 is 15.2. The lowest BCUT2D eigenvalue weighted by Gasteiger charge is -2.06. The second-order valence-corrected chi connectivity index (χ2v) is 7.77. The zero-order valence-electron chi connectivity index (χ0n) is 17.8. The summed E-state index contributed by atoms with van der Waals surface area (Å²) in [5.74, 6) is -0.307. The molecule has 0 unspecified atom stereocenters. The maximum Gasteiger partial charge on any atom is 0.254 e. The van der Waals surface area contributed by atoms with E-state index in [0.29, 0.717) is 23.4 Å². The Labute approximate surface area is 189 Å². The lowest BCUT2D eigenvalue weighted by Crippen LogP contribution is -2.23. The molecule has 2 aromatic carbocycles. The third kappa shape index (κ3) is 4.44. The number of benzene rings is 2. The van der Waals surface area contributed by atoms with Crippen molar-refractivity contribution in [3.05, 3.63) is 112 Å². The first kappa shape index (κ1) is 20.8. The molecule has 0 fully saturated rings. The lowest BCUT2D eigenvalue weighted by atomic mass is 10.1. The number of pyridine rings is 2. The summed E-state index contributed by atoms with van der Waals surface area (Å²) in [6.07, 6.45) is 4.39. The van der Waals surface area contributed by atoms with Gasteiger partial charge >= 0.3 is 0 Å². The van der Waals surface area contributed by atoms with Gasteiger partial charge in [-0.25, -0.2) is 9.07 Å². The van der Waals surface area contributed by atoms with Crippen molar-refractivity contribution >= 4 is 11.0 Å². The molecular weight excluding hydrogens is 417 g/mol. The zero-order valence-corrected chi connectivity index (χ0v) is 17.8. The van der Waals surface area contributed by atoms with E-state index < -0.39 is 0 Å². The molecule has 6 nitrogen and oxygen atoms in total. The smallest absolute Gasteiger partial charge is 0.254 e. The topological polar surface area (TPSA) is 75.6 Å². The fraction of sp³-hybridized carbons (Fsp3) is 0.115. The second kappa shape index (κ2) is 9.18. The highest BCUT2D eigenvalue weighted by Gasteiger charge is 2.16. The Morgan fingerprint density at radius 1 is 0.970 bits per heavy atom. The van der Waals surface area contributed by atoms with E-state index in [-0.39, 0.29) is 11.4 Å². The first-order chi connectivity index (χ1) is 16.2. The quantitative estimate of drug-likeness (QED) is 0.372. The summed E-state index contributed by atoms with van der Waals surface area (Å²) in [6.45, 7) is 1.16. The molecule has 0 atom stereocenters. The van der Waals surface area contributed by atoms with Crippen LogP contribution in [0.3, 0.4) is 0 Å². The van der Waals surface area contributed by atoms with Gasteiger partial charge in [-0.1, -0.05) is 18.2 Å². The minimum absolute atomic E-state index is 0.165. The summed E-state index contributed by atoms with van der Waals surface area (Å²) in [4.78, 5) is 19.9. The van der Waals surface area contributed by atoms with Gasteiger partial charge in [0.1, 0.15) is 17.2 Å². The molecule has 0 bridgehead atoms. The van der Waals surface area contributed by atoms with Crippen molar-refractivity contribution in [2.24, 2.45) is 0 Å². The minimum Gasteiger partial charge on any atom is -0.312 e. The summed E-state index contributed by atoms with van der Waals surface area (Å²) in [5, 5.41) is 8.92. The van der Waals surface area contributed by atoms with E-state index in [4.69, 9.17) is 5.10 Å². The van der Waals surface area contributed by atoms with Crippen LogP contribution in [0.25, 0.3) is 28.0 Å². The van der Waals surface area contributed by atoms with Gasteiger partial charge in [0.25, 0.3) is 5.56 Å². The Bertz CT molecular complexity index is 1430. The van der Waals surface area contributed by atoms with Crippen molar-refractivity contribution < 1.29 is 4.39 Å². The monoisotopic (exact) mass is 439 g/mol. The van der Waals surface area contributed by atoms with Crippen molar-refractivity contribution in [2.45, 2.75) is 13.0 Å². The number of nitrogens with zero attached hydrogens (tertiary/aromatic N) is 3. The van der Waals surface area contributed by atoms with Crippen LogP contribution < -0.4 is 10.9 Å². The van der Waals surface area contributed by atoms with Crippen molar-refractivity contribution in [2.75, 3.05) is 6.54 Å². The number of para-hydroxylation sites is 1. The molecule has 33 heavy (non-hydrogen) atoms. The maximum atomic E-state index is 13.5. The number of aromatic amines is 1. The van der Waals surface area contributed by atoms with Gasteiger partial charge in [0.2, 0.25) is 0 Å². The second-order valence-electron chi connectivity index (χ2n) is 7.77. The average Bonchev–Trinajstić information content (AvgIpc) is 3.21. The van der Waals surface area contributed by atoms with E-state index >= 15 is 0 Å². The van der Waals surface area contributed by atoms with E-state index in [2.05, 4.69) is 15.3 Å². The lowest BCUT2D eigenvalue weighted by molar-refractivity contribution is 0.628. The van der Waals surface area contributed by atoms with Crippen LogP contribution in [0.15, 0.2) is 90.0 Å². The van der Waals surface area contributed by atoms with E-state index in [1.807, 2.05) is 48.5 Å². The molecule has 164 valence electrons. The first-order valence-corrected chi connectivity index (χ1v) is 10.7. The molecule has 0 saturated heterocycles. The van der Waals surface area contributed by atoms with Crippen molar-refractivity contribution in [3.63, 3.8) is 0 Å². The molecule has 3 aromatic heterocycles. The Hall–Kier alpha value is -4.10. The summed E-state index contributed by atoms with van der Waals surface area (Å²) in [6, 6.07) is 21.7. The van der Waals surface area contributed by atoms with Gasteiger partial charge in [-0.2, -0.15) is 5.10 Å². The maximum absolute atomic E-state index is 13.5. The molecule has 0 aliphatic rings. The molecule has 0 radical (unpaired) electrons. The normalized spacial score (nSPS) is 11.2. The molecule has 5 aromatic rings. The van der Waals surface area contributed by atoms with E-state index in [0.717, 1.165) is 29.6 Å². The Morgan fingerprint density at radius 2 is 1.73 bits per heavy atom. The van der Waals surface area contributed by atoms with Gasteiger partial charge in [-0.05, 0) is 73.1 Å². The van der Waals surface area contributed by atoms with Crippen LogP contribution in [-0.2, 0) is 13.0 Å². The van der Waals surface area contributed by atoms with Crippen LogP contribution in [0.4, 0.5) is 4.39 Å². The number of aromatic nitrogens is 4.